The van der Waals surface area contributed by atoms with E-state index in [0.717, 1.165) is 21.8 Å². The van der Waals surface area contributed by atoms with E-state index < -0.39 is 0 Å². The average Bonchev–Trinajstić information content (AvgIpc) is 3.24. The van der Waals surface area contributed by atoms with Gasteiger partial charge in [0, 0.05) is 37.4 Å². The number of carbonyl (C=O) groups is 2. The van der Waals surface area contributed by atoms with E-state index in [1.54, 1.807) is 16.0 Å². The average molecular weight is 407 g/mol. The lowest BCUT2D eigenvalue weighted by molar-refractivity contribution is 0.0676. The first kappa shape index (κ1) is 19.1. The fourth-order valence-corrected chi connectivity index (χ4v) is 4.17. The van der Waals surface area contributed by atoms with Crippen molar-refractivity contribution in [2.75, 3.05) is 31.5 Å². The fraction of sp³-hybridized carbons (Fsp3) is 0.227. The van der Waals surface area contributed by atoms with Gasteiger partial charge in [-0.05, 0) is 24.6 Å². The predicted molar refractivity (Wildman–Crippen MR) is 115 cm³/mol. The molecule has 3 amide bonds. The van der Waals surface area contributed by atoms with Crippen molar-refractivity contribution in [2.45, 2.75) is 6.92 Å². The summed E-state index contributed by atoms with van der Waals surface area (Å²) in [5.41, 5.74) is 2.89. The molecule has 0 atom stereocenters. The molecule has 0 aliphatic carbocycles. The van der Waals surface area contributed by atoms with Crippen molar-refractivity contribution >= 4 is 29.0 Å². The molecular formula is C22H22N4O2S. The van der Waals surface area contributed by atoms with Crippen LogP contribution in [0.25, 0.3) is 10.6 Å². The Morgan fingerprint density at radius 3 is 2.41 bits per heavy atom. The number of nitrogens with one attached hydrogen (secondary N) is 1. The van der Waals surface area contributed by atoms with Crippen molar-refractivity contribution in [2.24, 2.45) is 0 Å². The van der Waals surface area contributed by atoms with E-state index in [9.17, 15) is 9.59 Å². The Balaban J connectivity index is 1.34. The number of aromatic nitrogens is 1. The highest BCUT2D eigenvalue weighted by molar-refractivity contribution is 7.16. The Morgan fingerprint density at radius 1 is 0.966 bits per heavy atom. The first-order valence-electron chi connectivity index (χ1n) is 9.53. The smallest absolute Gasteiger partial charge is 0.321 e. The number of thiazole rings is 1. The lowest BCUT2D eigenvalue weighted by Crippen LogP contribution is -2.51. The monoisotopic (exact) mass is 406 g/mol. The van der Waals surface area contributed by atoms with E-state index >= 15 is 0 Å². The van der Waals surface area contributed by atoms with Gasteiger partial charge in [0.2, 0.25) is 0 Å². The van der Waals surface area contributed by atoms with E-state index in [0.29, 0.717) is 31.1 Å². The minimum absolute atomic E-state index is 0.0246. The van der Waals surface area contributed by atoms with Crippen molar-refractivity contribution in [3.63, 3.8) is 0 Å². The first-order chi connectivity index (χ1) is 14.1. The number of benzene rings is 2. The first-order valence-corrected chi connectivity index (χ1v) is 10.3. The minimum atomic E-state index is -0.133. The molecule has 1 fully saturated rings. The SMILES string of the molecule is Cc1cccc(NC(=O)N2CCN(C(=O)c3cnc(-c4ccccc4)s3)CC2)c1. The molecule has 148 valence electrons. The molecule has 0 unspecified atom stereocenters. The van der Waals surface area contributed by atoms with Gasteiger partial charge in [0.1, 0.15) is 9.88 Å². The zero-order chi connectivity index (χ0) is 20.2. The number of piperazine rings is 1. The van der Waals surface area contributed by atoms with Crippen LogP contribution in [0.5, 0.6) is 0 Å². The fourth-order valence-electron chi connectivity index (χ4n) is 3.28. The number of hydrogen-bond donors (Lipinski definition) is 1. The topological polar surface area (TPSA) is 65.5 Å². The Labute approximate surface area is 173 Å². The van der Waals surface area contributed by atoms with Gasteiger partial charge in [0.05, 0.1) is 6.20 Å². The molecule has 1 aliphatic heterocycles. The number of carbonyl (C=O) groups excluding carboxylic acids is 2. The standard InChI is InChI=1S/C22H22N4O2S/c1-16-6-5-9-18(14-16)24-22(28)26-12-10-25(11-13-26)21(27)19-15-23-20(29-19)17-7-3-2-4-8-17/h2-9,14-15H,10-13H2,1H3,(H,24,28). The number of anilines is 1. The molecule has 6 nitrogen and oxygen atoms in total. The van der Waals surface area contributed by atoms with Crippen LogP contribution < -0.4 is 5.32 Å². The third kappa shape index (κ3) is 4.46. The summed E-state index contributed by atoms with van der Waals surface area (Å²) in [6.07, 6.45) is 1.64. The molecule has 0 saturated carbocycles. The van der Waals surface area contributed by atoms with Gasteiger partial charge >= 0.3 is 6.03 Å². The minimum Gasteiger partial charge on any atom is -0.334 e. The van der Waals surface area contributed by atoms with Gasteiger partial charge < -0.3 is 15.1 Å². The normalized spacial score (nSPS) is 14.0. The van der Waals surface area contributed by atoms with Crippen LogP contribution in [0.15, 0.2) is 60.8 Å². The maximum atomic E-state index is 12.8. The van der Waals surface area contributed by atoms with Crippen LogP contribution in [0.3, 0.4) is 0 Å². The number of rotatable bonds is 3. The number of amides is 3. The second-order valence-electron chi connectivity index (χ2n) is 6.97. The number of hydrogen-bond acceptors (Lipinski definition) is 4. The van der Waals surface area contributed by atoms with E-state index in [1.807, 2.05) is 61.5 Å². The van der Waals surface area contributed by atoms with Gasteiger partial charge in [0.25, 0.3) is 5.91 Å². The molecule has 3 aromatic rings. The van der Waals surface area contributed by atoms with Crippen LogP contribution in [0.1, 0.15) is 15.2 Å². The molecule has 4 rings (SSSR count). The van der Waals surface area contributed by atoms with E-state index in [2.05, 4.69) is 10.3 Å². The Kier molecular flexibility index (Phi) is 5.57. The number of nitrogens with zero attached hydrogens (tertiary/aromatic N) is 3. The third-order valence-corrected chi connectivity index (χ3v) is 5.90. The summed E-state index contributed by atoms with van der Waals surface area (Å²) in [6.45, 7) is 4.03. The third-order valence-electron chi connectivity index (χ3n) is 4.86. The molecule has 2 aromatic carbocycles. The highest BCUT2D eigenvalue weighted by Crippen LogP contribution is 2.26. The van der Waals surface area contributed by atoms with E-state index in [1.165, 1.54) is 11.3 Å². The molecule has 0 radical (unpaired) electrons. The maximum Gasteiger partial charge on any atom is 0.321 e. The van der Waals surface area contributed by atoms with Gasteiger partial charge in [-0.25, -0.2) is 9.78 Å². The Bertz CT molecular complexity index is 1010. The Morgan fingerprint density at radius 2 is 1.69 bits per heavy atom. The Hall–Kier alpha value is -3.19. The molecule has 2 heterocycles. The van der Waals surface area contributed by atoms with Gasteiger partial charge in [-0.2, -0.15) is 0 Å². The van der Waals surface area contributed by atoms with E-state index in [-0.39, 0.29) is 11.9 Å². The lowest BCUT2D eigenvalue weighted by atomic mass is 10.2. The second kappa shape index (κ2) is 8.45. The van der Waals surface area contributed by atoms with Gasteiger partial charge in [-0.1, -0.05) is 42.5 Å². The van der Waals surface area contributed by atoms with Crippen LogP contribution in [-0.4, -0.2) is 52.9 Å². The van der Waals surface area contributed by atoms with Crippen molar-refractivity contribution in [1.29, 1.82) is 0 Å². The summed E-state index contributed by atoms with van der Waals surface area (Å²) in [6, 6.07) is 17.4. The molecule has 1 aliphatic rings. The summed E-state index contributed by atoms with van der Waals surface area (Å²) in [7, 11) is 0. The van der Waals surface area contributed by atoms with Crippen molar-refractivity contribution in [3.8, 4) is 10.6 Å². The van der Waals surface area contributed by atoms with Crippen molar-refractivity contribution in [3.05, 3.63) is 71.2 Å². The van der Waals surface area contributed by atoms with Crippen LogP contribution in [-0.2, 0) is 0 Å². The maximum absolute atomic E-state index is 12.8. The molecule has 7 heteroatoms. The zero-order valence-corrected chi connectivity index (χ0v) is 17.0. The highest BCUT2D eigenvalue weighted by Gasteiger charge is 2.26. The quantitative estimate of drug-likeness (QED) is 0.712. The summed E-state index contributed by atoms with van der Waals surface area (Å²) in [5, 5.41) is 3.76. The zero-order valence-electron chi connectivity index (χ0n) is 16.2. The molecule has 0 spiro atoms. The molecular weight excluding hydrogens is 384 g/mol. The molecule has 29 heavy (non-hydrogen) atoms. The van der Waals surface area contributed by atoms with Crippen molar-refractivity contribution < 1.29 is 9.59 Å². The van der Waals surface area contributed by atoms with Crippen LogP contribution in [0.4, 0.5) is 10.5 Å². The summed E-state index contributed by atoms with van der Waals surface area (Å²) < 4.78 is 0. The largest absolute Gasteiger partial charge is 0.334 e. The van der Waals surface area contributed by atoms with Crippen LogP contribution in [0, 0.1) is 6.92 Å². The summed E-state index contributed by atoms with van der Waals surface area (Å²) >= 11 is 1.40. The van der Waals surface area contributed by atoms with E-state index in [4.69, 9.17) is 0 Å². The van der Waals surface area contributed by atoms with Gasteiger partial charge in [-0.3, -0.25) is 4.79 Å². The van der Waals surface area contributed by atoms with Crippen LogP contribution >= 0.6 is 11.3 Å². The number of urea groups is 1. The lowest BCUT2D eigenvalue weighted by Gasteiger charge is -2.34. The van der Waals surface area contributed by atoms with Crippen molar-refractivity contribution in [1.82, 2.24) is 14.8 Å². The molecule has 1 saturated heterocycles. The predicted octanol–water partition coefficient (Wildman–Crippen LogP) is 4.11. The summed E-state index contributed by atoms with van der Waals surface area (Å²) in [5.74, 6) is -0.0246. The highest BCUT2D eigenvalue weighted by atomic mass is 32.1. The van der Waals surface area contributed by atoms with Gasteiger partial charge in [0.15, 0.2) is 0 Å². The molecule has 1 aromatic heterocycles. The van der Waals surface area contributed by atoms with Gasteiger partial charge in [-0.15, -0.1) is 11.3 Å². The number of aryl methyl sites for hydroxylation is 1. The molecule has 1 N–H and O–H groups in total. The summed E-state index contributed by atoms with van der Waals surface area (Å²) in [4.78, 5) is 33.9. The van der Waals surface area contributed by atoms with Crippen LogP contribution in [0.2, 0.25) is 0 Å². The molecule has 0 bridgehead atoms. The second-order valence-corrected chi connectivity index (χ2v) is 8.01.